The number of pyridine rings is 1. The van der Waals surface area contributed by atoms with Crippen molar-refractivity contribution in [1.29, 1.82) is 0 Å². The summed E-state index contributed by atoms with van der Waals surface area (Å²) in [5.74, 6) is -0.382. The van der Waals surface area contributed by atoms with E-state index in [9.17, 15) is 9.59 Å². The molecule has 0 aromatic carbocycles. The molecule has 2 aromatic heterocycles. The Balaban J connectivity index is 1.83. The third-order valence-electron chi connectivity index (χ3n) is 4.43. The van der Waals surface area contributed by atoms with Gasteiger partial charge in [-0.05, 0) is 56.7 Å². The number of carbonyl (C=O) groups is 2. The summed E-state index contributed by atoms with van der Waals surface area (Å²) < 4.78 is 0. The minimum absolute atomic E-state index is 0.0384. The molecule has 2 amide bonds. The van der Waals surface area contributed by atoms with Crippen LogP contribution < -0.4 is 16.4 Å². The van der Waals surface area contributed by atoms with Gasteiger partial charge in [0.15, 0.2) is 0 Å². The highest BCUT2D eigenvalue weighted by Crippen LogP contribution is 2.38. The minimum Gasteiger partial charge on any atom is -0.352 e. The Bertz CT molecular complexity index is 786. The maximum atomic E-state index is 12.8. The zero-order valence-corrected chi connectivity index (χ0v) is 15.7. The fourth-order valence-electron chi connectivity index (χ4n) is 3.07. The first-order valence-electron chi connectivity index (χ1n) is 8.96. The van der Waals surface area contributed by atoms with E-state index in [1.54, 1.807) is 18.3 Å². The van der Waals surface area contributed by atoms with Gasteiger partial charge in [-0.2, -0.15) is 0 Å². The van der Waals surface area contributed by atoms with Crippen LogP contribution in [0.15, 0.2) is 24.5 Å². The van der Waals surface area contributed by atoms with Crippen LogP contribution >= 0.6 is 11.3 Å². The molecule has 0 radical (unpaired) electrons. The second-order valence-corrected chi connectivity index (χ2v) is 7.74. The molecule has 1 aliphatic rings. The van der Waals surface area contributed by atoms with Crippen molar-refractivity contribution in [3.8, 4) is 0 Å². The van der Waals surface area contributed by atoms with E-state index in [-0.39, 0.29) is 17.9 Å². The number of thiophene rings is 1. The van der Waals surface area contributed by atoms with Gasteiger partial charge in [-0.3, -0.25) is 14.6 Å². The molecular weight excluding hydrogens is 348 g/mol. The number of rotatable bonds is 6. The Morgan fingerprint density at radius 1 is 1.31 bits per heavy atom. The molecule has 138 valence electrons. The van der Waals surface area contributed by atoms with Crippen LogP contribution in [0.2, 0.25) is 0 Å². The third-order valence-corrected chi connectivity index (χ3v) is 5.64. The van der Waals surface area contributed by atoms with Crippen molar-refractivity contribution in [2.75, 3.05) is 11.9 Å². The number of anilines is 1. The molecule has 26 heavy (non-hydrogen) atoms. The SMILES string of the molecule is CC(N)CCNC(=O)c1c(NC(=O)c2cccnc2)sc2c1CCCC2. The maximum Gasteiger partial charge on any atom is 0.257 e. The molecule has 3 rings (SSSR count). The predicted molar refractivity (Wildman–Crippen MR) is 104 cm³/mol. The summed E-state index contributed by atoms with van der Waals surface area (Å²) in [5, 5.41) is 6.49. The molecular formula is C19H24N4O2S. The van der Waals surface area contributed by atoms with Gasteiger partial charge in [0, 0.05) is 29.9 Å². The number of hydrogen-bond donors (Lipinski definition) is 3. The quantitative estimate of drug-likeness (QED) is 0.726. The second-order valence-electron chi connectivity index (χ2n) is 6.63. The standard InChI is InChI=1S/C19H24N4O2S/c1-12(20)8-10-22-18(25)16-14-6-2-3-7-15(14)26-19(16)23-17(24)13-5-4-9-21-11-13/h4-5,9,11-12H,2-3,6-8,10,20H2,1H3,(H,22,25)(H,23,24). The van der Waals surface area contributed by atoms with Crippen molar-refractivity contribution in [1.82, 2.24) is 10.3 Å². The molecule has 4 N–H and O–H groups in total. The molecule has 0 bridgehead atoms. The summed E-state index contributed by atoms with van der Waals surface area (Å²) in [5.41, 5.74) is 7.93. The van der Waals surface area contributed by atoms with Crippen LogP contribution in [0.25, 0.3) is 0 Å². The van der Waals surface area contributed by atoms with Crippen molar-refractivity contribution in [3.05, 3.63) is 46.1 Å². The van der Waals surface area contributed by atoms with Crippen LogP contribution in [0.1, 0.15) is 57.3 Å². The number of nitrogens with zero attached hydrogens (tertiary/aromatic N) is 1. The molecule has 2 heterocycles. The number of amides is 2. The Morgan fingerprint density at radius 3 is 2.85 bits per heavy atom. The van der Waals surface area contributed by atoms with Crippen molar-refractivity contribution < 1.29 is 9.59 Å². The predicted octanol–water partition coefficient (Wildman–Crippen LogP) is 2.74. The first kappa shape index (κ1) is 18.5. The van der Waals surface area contributed by atoms with Gasteiger partial charge in [0.1, 0.15) is 5.00 Å². The molecule has 1 aliphatic carbocycles. The van der Waals surface area contributed by atoms with Gasteiger partial charge in [-0.25, -0.2) is 0 Å². The molecule has 7 heteroatoms. The van der Waals surface area contributed by atoms with Gasteiger partial charge in [0.25, 0.3) is 11.8 Å². The van der Waals surface area contributed by atoms with Crippen LogP contribution in [0.5, 0.6) is 0 Å². The lowest BCUT2D eigenvalue weighted by Gasteiger charge is -2.13. The average molecular weight is 372 g/mol. The lowest BCUT2D eigenvalue weighted by atomic mass is 9.95. The van der Waals surface area contributed by atoms with Crippen LogP contribution in [0, 0.1) is 0 Å². The zero-order chi connectivity index (χ0) is 18.5. The van der Waals surface area contributed by atoms with Crippen molar-refractivity contribution in [3.63, 3.8) is 0 Å². The molecule has 6 nitrogen and oxygen atoms in total. The van der Waals surface area contributed by atoms with Gasteiger partial charge < -0.3 is 16.4 Å². The van der Waals surface area contributed by atoms with Gasteiger partial charge in [0.05, 0.1) is 11.1 Å². The number of nitrogens with one attached hydrogen (secondary N) is 2. The second kappa shape index (κ2) is 8.42. The molecule has 0 spiro atoms. The van der Waals surface area contributed by atoms with Gasteiger partial charge in [0.2, 0.25) is 0 Å². The number of hydrogen-bond acceptors (Lipinski definition) is 5. The highest BCUT2D eigenvalue weighted by molar-refractivity contribution is 7.17. The first-order valence-corrected chi connectivity index (χ1v) is 9.77. The molecule has 0 aliphatic heterocycles. The normalized spacial score (nSPS) is 14.4. The van der Waals surface area contributed by atoms with Crippen molar-refractivity contribution in [2.45, 2.75) is 45.1 Å². The van der Waals surface area contributed by atoms with Crippen molar-refractivity contribution in [2.24, 2.45) is 5.73 Å². The Morgan fingerprint density at radius 2 is 2.12 bits per heavy atom. The zero-order valence-electron chi connectivity index (χ0n) is 14.9. The fraction of sp³-hybridized carbons (Fsp3) is 0.421. The topological polar surface area (TPSA) is 97.1 Å². The number of carbonyl (C=O) groups excluding carboxylic acids is 2. The molecule has 2 aromatic rings. The number of aromatic nitrogens is 1. The monoisotopic (exact) mass is 372 g/mol. The number of fused-ring (bicyclic) bond motifs is 1. The molecule has 1 unspecified atom stereocenters. The van der Waals surface area contributed by atoms with Crippen LogP contribution in [0.3, 0.4) is 0 Å². The fourth-order valence-corrected chi connectivity index (χ4v) is 4.35. The molecule has 1 atom stereocenters. The van der Waals surface area contributed by atoms with E-state index in [2.05, 4.69) is 15.6 Å². The van der Waals surface area contributed by atoms with Gasteiger partial charge in [-0.15, -0.1) is 11.3 Å². The lowest BCUT2D eigenvalue weighted by Crippen LogP contribution is -2.30. The van der Waals surface area contributed by atoms with E-state index in [4.69, 9.17) is 5.73 Å². The summed E-state index contributed by atoms with van der Waals surface area (Å²) in [6, 6.07) is 3.46. The van der Waals surface area contributed by atoms with E-state index in [0.717, 1.165) is 37.7 Å². The summed E-state index contributed by atoms with van der Waals surface area (Å²) in [6.45, 7) is 2.44. The van der Waals surface area contributed by atoms with Crippen molar-refractivity contribution >= 4 is 28.2 Å². The van der Waals surface area contributed by atoms with Crippen LogP contribution in [0.4, 0.5) is 5.00 Å². The number of aryl methyl sites for hydroxylation is 1. The highest BCUT2D eigenvalue weighted by atomic mass is 32.1. The van der Waals surface area contributed by atoms with E-state index in [1.165, 1.54) is 22.4 Å². The van der Waals surface area contributed by atoms with Crippen LogP contribution in [-0.2, 0) is 12.8 Å². The van der Waals surface area contributed by atoms with E-state index in [0.29, 0.717) is 22.7 Å². The van der Waals surface area contributed by atoms with E-state index >= 15 is 0 Å². The van der Waals surface area contributed by atoms with Gasteiger partial charge >= 0.3 is 0 Å². The van der Waals surface area contributed by atoms with E-state index < -0.39 is 0 Å². The maximum absolute atomic E-state index is 12.8. The Hall–Kier alpha value is -2.25. The summed E-state index contributed by atoms with van der Waals surface area (Å²) in [4.78, 5) is 30.5. The Kier molecular flexibility index (Phi) is 6.00. The van der Waals surface area contributed by atoms with E-state index in [1.807, 2.05) is 6.92 Å². The van der Waals surface area contributed by atoms with Crippen LogP contribution in [-0.4, -0.2) is 29.4 Å². The molecule has 0 saturated heterocycles. The van der Waals surface area contributed by atoms with Gasteiger partial charge in [-0.1, -0.05) is 0 Å². The number of nitrogens with two attached hydrogens (primary N) is 1. The average Bonchev–Trinajstić information content (AvgIpc) is 2.99. The third kappa shape index (κ3) is 4.28. The first-order chi connectivity index (χ1) is 12.6. The summed E-state index contributed by atoms with van der Waals surface area (Å²) in [7, 11) is 0. The minimum atomic E-state index is -0.249. The summed E-state index contributed by atoms with van der Waals surface area (Å²) in [6.07, 6.45) is 7.89. The molecule has 0 fully saturated rings. The highest BCUT2D eigenvalue weighted by Gasteiger charge is 2.26. The smallest absolute Gasteiger partial charge is 0.257 e. The molecule has 0 saturated carbocycles. The Labute approximate surface area is 157 Å². The lowest BCUT2D eigenvalue weighted by molar-refractivity contribution is 0.0953. The summed E-state index contributed by atoms with van der Waals surface area (Å²) >= 11 is 1.52. The largest absolute Gasteiger partial charge is 0.352 e.